The third-order valence-corrected chi connectivity index (χ3v) is 0.115. The molecule has 0 bridgehead atoms. The Morgan fingerprint density at radius 2 is 1.83 bits per heavy atom. The Balaban J connectivity index is -0.0000000450. The summed E-state index contributed by atoms with van der Waals surface area (Å²) in [6.45, 7) is 1.64. The summed E-state index contributed by atoms with van der Waals surface area (Å²) in [7, 11) is 0. The maximum Gasteiger partial charge on any atom is 1.00 e. The minimum absolute atomic E-state index is 0. The molecule has 0 fully saturated rings. The molecule has 0 aliphatic heterocycles. The summed E-state index contributed by atoms with van der Waals surface area (Å²) in [5.41, 5.74) is 0. The summed E-state index contributed by atoms with van der Waals surface area (Å²) in [4.78, 5) is 0. The van der Waals surface area contributed by atoms with E-state index in [1.54, 1.807) is 6.92 Å². The fourth-order valence-electron chi connectivity index (χ4n) is 0. The maximum atomic E-state index is 7.44. The Morgan fingerprint density at radius 3 is 1.83 bits per heavy atom. The van der Waals surface area contributed by atoms with Crippen LogP contribution in [0.4, 0.5) is 0 Å². The van der Waals surface area contributed by atoms with Crippen LogP contribution in [0.3, 0.4) is 0 Å². The van der Waals surface area contributed by atoms with E-state index in [4.69, 9.17) is 5.21 Å². The Morgan fingerprint density at radius 1 is 1.67 bits per heavy atom. The first-order valence-corrected chi connectivity index (χ1v) is 1.04. The van der Waals surface area contributed by atoms with Gasteiger partial charge in [0.1, 0.15) is 0 Å². The molecule has 0 unspecified atom stereocenters. The molecule has 0 radical (unpaired) electrons. The van der Waals surface area contributed by atoms with Crippen LogP contribution in [-0.2, 0) is 0 Å². The monoisotopic (exact) mass is 99.0 g/mol. The molecule has 0 rings (SSSR count). The number of nitrogens with zero attached hydrogens (tertiary/aromatic N) is 1. The molecule has 4 heteroatoms. The molecule has 0 saturated carbocycles. The van der Waals surface area contributed by atoms with Crippen LogP contribution in [0.1, 0.15) is 6.92 Å². The average Bonchev–Trinajstić information content (AvgIpc) is 1.37. The number of oxime groups is 1. The molecule has 0 aliphatic rings. The molecule has 32 valence electrons. The molecule has 0 aromatic carbocycles. The summed E-state index contributed by atoms with van der Waals surface area (Å²) in [5, 5.41) is 10.1. The Hall–Kier alpha value is 0.430. The molecule has 6 heavy (non-hydrogen) atoms. The zero-order valence-corrected chi connectivity index (χ0v) is 5.92. The van der Waals surface area contributed by atoms with Gasteiger partial charge in [-0.2, -0.15) is 0 Å². The van der Waals surface area contributed by atoms with Crippen LogP contribution in [0.2, 0.25) is 0 Å². The van der Waals surface area contributed by atoms with Crippen molar-refractivity contribution in [1.29, 1.82) is 0 Å². The van der Waals surface area contributed by atoms with E-state index < -0.39 is 0 Å². The van der Waals surface area contributed by atoms with Gasteiger partial charge in [-0.05, 0) is 6.92 Å². The van der Waals surface area contributed by atoms with Gasteiger partial charge in [0, 0.05) is 6.21 Å². The van der Waals surface area contributed by atoms with Crippen molar-refractivity contribution in [2.24, 2.45) is 5.16 Å². The van der Waals surface area contributed by atoms with Gasteiger partial charge < -0.3 is 10.7 Å². The van der Waals surface area contributed by atoms with Crippen molar-refractivity contribution in [2.75, 3.05) is 0 Å². The van der Waals surface area contributed by atoms with Crippen LogP contribution in [0.15, 0.2) is 5.16 Å². The second-order valence-corrected chi connectivity index (χ2v) is 0.374. The van der Waals surface area contributed by atoms with Gasteiger partial charge in [0.05, 0.1) is 0 Å². The van der Waals surface area contributed by atoms with Gasteiger partial charge in [-0.3, -0.25) is 0 Å². The Kier molecular flexibility index (Phi) is 48.5. The SMILES string of the molecule is CC=NO.[Na+].[OH-]. The van der Waals surface area contributed by atoms with E-state index in [1.807, 2.05) is 0 Å². The van der Waals surface area contributed by atoms with Gasteiger partial charge in [-0.1, -0.05) is 0 Å². The zero-order chi connectivity index (χ0) is 3.41. The van der Waals surface area contributed by atoms with E-state index in [0.717, 1.165) is 0 Å². The van der Waals surface area contributed by atoms with Crippen LogP contribution in [0.5, 0.6) is 0 Å². The van der Waals surface area contributed by atoms with E-state index in [2.05, 4.69) is 5.16 Å². The van der Waals surface area contributed by atoms with E-state index >= 15 is 0 Å². The summed E-state index contributed by atoms with van der Waals surface area (Å²) in [5.74, 6) is 0. The first kappa shape index (κ1) is 16.1. The van der Waals surface area contributed by atoms with E-state index in [1.165, 1.54) is 6.21 Å². The van der Waals surface area contributed by atoms with Gasteiger partial charge >= 0.3 is 29.6 Å². The molecule has 0 aromatic heterocycles. The third kappa shape index (κ3) is 25.5. The number of hydrogen-bond donors (Lipinski definition) is 1. The molecule has 0 atom stereocenters. The van der Waals surface area contributed by atoms with Gasteiger partial charge in [0.25, 0.3) is 0 Å². The fraction of sp³-hybridized carbons (Fsp3) is 0.500. The summed E-state index contributed by atoms with van der Waals surface area (Å²) in [6, 6.07) is 0. The molecule has 0 heterocycles. The first-order chi connectivity index (χ1) is 1.91. The molecular formula is C2H6NNaO2. The van der Waals surface area contributed by atoms with Gasteiger partial charge in [-0.25, -0.2) is 0 Å². The van der Waals surface area contributed by atoms with Crippen LogP contribution in [0.25, 0.3) is 0 Å². The summed E-state index contributed by atoms with van der Waals surface area (Å²) >= 11 is 0. The Bertz CT molecular complexity index is 26.7. The molecule has 0 saturated heterocycles. The number of hydrogen-bond acceptors (Lipinski definition) is 3. The Labute approximate surface area is 58.6 Å². The second-order valence-electron chi connectivity index (χ2n) is 0.374. The predicted molar refractivity (Wildman–Crippen MR) is 17.9 cm³/mol. The van der Waals surface area contributed by atoms with E-state index in [0.29, 0.717) is 0 Å². The van der Waals surface area contributed by atoms with Crippen LogP contribution in [-0.4, -0.2) is 16.9 Å². The van der Waals surface area contributed by atoms with Gasteiger partial charge in [-0.15, -0.1) is 5.16 Å². The fourth-order valence-corrected chi connectivity index (χ4v) is 0. The van der Waals surface area contributed by atoms with Crippen molar-refractivity contribution < 1.29 is 40.2 Å². The van der Waals surface area contributed by atoms with Gasteiger partial charge in [0.15, 0.2) is 0 Å². The standard InChI is InChI=1S/C2H5NO.Na.H2O/c1-2-3-4;;/h2,4H,1H3;;1H2/q;+1;/p-1. The first-order valence-electron chi connectivity index (χ1n) is 1.04. The quantitative estimate of drug-likeness (QED) is 0.155. The van der Waals surface area contributed by atoms with Crippen molar-refractivity contribution in [2.45, 2.75) is 6.92 Å². The van der Waals surface area contributed by atoms with Crippen LogP contribution >= 0.6 is 0 Å². The summed E-state index contributed by atoms with van der Waals surface area (Å²) < 4.78 is 0. The largest absolute Gasteiger partial charge is 1.00 e. The van der Waals surface area contributed by atoms with Crippen molar-refractivity contribution >= 4 is 6.21 Å². The molecule has 0 aliphatic carbocycles. The van der Waals surface area contributed by atoms with Crippen molar-refractivity contribution in [3.05, 3.63) is 0 Å². The maximum absolute atomic E-state index is 7.44. The van der Waals surface area contributed by atoms with Crippen molar-refractivity contribution in [3.8, 4) is 0 Å². The molecule has 3 nitrogen and oxygen atoms in total. The minimum Gasteiger partial charge on any atom is -0.870 e. The average molecular weight is 99.1 g/mol. The molecule has 0 amide bonds. The van der Waals surface area contributed by atoms with Crippen LogP contribution in [0, 0.1) is 0 Å². The molecule has 2 N–H and O–H groups in total. The number of rotatable bonds is 0. The second kappa shape index (κ2) is 18.0. The predicted octanol–water partition coefficient (Wildman–Crippen LogP) is -2.71. The van der Waals surface area contributed by atoms with Crippen molar-refractivity contribution in [1.82, 2.24) is 0 Å². The van der Waals surface area contributed by atoms with E-state index in [9.17, 15) is 0 Å². The summed E-state index contributed by atoms with van der Waals surface area (Å²) in [6.07, 6.45) is 1.31. The molecular weight excluding hydrogens is 93.0 g/mol. The third-order valence-electron chi connectivity index (χ3n) is 0.115. The normalized spacial score (nSPS) is 6.17. The topological polar surface area (TPSA) is 62.6 Å². The minimum atomic E-state index is 0. The van der Waals surface area contributed by atoms with Crippen molar-refractivity contribution in [3.63, 3.8) is 0 Å². The van der Waals surface area contributed by atoms with E-state index in [-0.39, 0.29) is 35.0 Å². The van der Waals surface area contributed by atoms with Gasteiger partial charge in [0.2, 0.25) is 0 Å². The zero-order valence-electron chi connectivity index (χ0n) is 3.92. The smallest absolute Gasteiger partial charge is 0.870 e. The van der Waals surface area contributed by atoms with Crippen LogP contribution < -0.4 is 29.6 Å². The molecule has 0 spiro atoms. The molecule has 0 aromatic rings.